The van der Waals surface area contributed by atoms with Crippen molar-refractivity contribution in [3.05, 3.63) is 23.8 Å². The van der Waals surface area contributed by atoms with Gasteiger partial charge in [0.1, 0.15) is 13.2 Å². The summed E-state index contributed by atoms with van der Waals surface area (Å²) in [4.78, 5) is 18.5. The second-order valence-electron chi connectivity index (χ2n) is 7.68. The van der Waals surface area contributed by atoms with Gasteiger partial charge in [0.2, 0.25) is 5.91 Å². The molecule has 0 saturated carbocycles. The highest BCUT2D eigenvalue weighted by atomic mass is 127. The smallest absolute Gasteiger partial charge is 0.220 e. The van der Waals surface area contributed by atoms with Gasteiger partial charge in [0.05, 0.1) is 0 Å². The zero-order chi connectivity index (χ0) is 18.7. The fourth-order valence-corrected chi connectivity index (χ4v) is 4.32. The van der Waals surface area contributed by atoms with E-state index in [9.17, 15) is 4.79 Å². The average Bonchev–Trinajstić information content (AvgIpc) is 3.04. The highest BCUT2D eigenvalue weighted by molar-refractivity contribution is 14.0. The summed E-state index contributed by atoms with van der Waals surface area (Å²) < 4.78 is 11.2. The van der Waals surface area contributed by atoms with E-state index in [1.807, 2.05) is 13.1 Å². The summed E-state index contributed by atoms with van der Waals surface area (Å²) >= 11 is 0. The maximum atomic E-state index is 11.7. The van der Waals surface area contributed by atoms with E-state index in [-0.39, 0.29) is 35.3 Å². The average molecular weight is 500 g/mol. The molecule has 4 rings (SSSR count). The van der Waals surface area contributed by atoms with E-state index in [0.29, 0.717) is 19.6 Å². The van der Waals surface area contributed by atoms with Crippen LogP contribution >= 0.6 is 24.0 Å². The number of amides is 1. The van der Waals surface area contributed by atoms with Crippen molar-refractivity contribution in [2.24, 2.45) is 10.4 Å². The van der Waals surface area contributed by atoms with E-state index in [2.05, 4.69) is 32.7 Å². The van der Waals surface area contributed by atoms with Crippen LogP contribution in [0.5, 0.6) is 11.5 Å². The lowest BCUT2D eigenvalue weighted by molar-refractivity contribution is -0.119. The van der Waals surface area contributed by atoms with E-state index in [1.165, 1.54) is 5.56 Å². The lowest BCUT2D eigenvalue weighted by Crippen LogP contribution is -2.51. The molecule has 2 saturated heterocycles. The molecule has 0 aromatic heterocycles. The molecule has 0 bridgehead atoms. The van der Waals surface area contributed by atoms with Crippen LogP contribution in [0.15, 0.2) is 23.2 Å². The van der Waals surface area contributed by atoms with Gasteiger partial charge in [-0.15, -0.1) is 24.0 Å². The number of carbonyl (C=O) groups excluding carboxylic acids is 1. The highest BCUT2D eigenvalue weighted by Crippen LogP contribution is 2.36. The number of likely N-dealkylation sites (tertiary alicyclic amines) is 1. The molecule has 3 aliphatic heterocycles. The Bertz CT molecular complexity index is 742. The molecule has 1 unspecified atom stereocenters. The number of hydrogen-bond donors (Lipinski definition) is 2. The van der Waals surface area contributed by atoms with Crippen LogP contribution < -0.4 is 20.1 Å². The van der Waals surface area contributed by atoms with E-state index in [1.54, 1.807) is 0 Å². The molecule has 3 heterocycles. The van der Waals surface area contributed by atoms with E-state index in [4.69, 9.17) is 9.47 Å². The second-order valence-corrected chi connectivity index (χ2v) is 7.68. The molecule has 1 aromatic carbocycles. The summed E-state index contributed by atoms with van der Waals surface area (Å²) in [6, 6.07) is 6.13. The van der Waals surface area contributed by atoms with Crippen LogP contribution in [-0.2, 0) is 11.2 Å². The molecule has 8 heteroatoms. The number of hydrogen-bond acceptors (Lipinski definition) is 4. The molecule has 3 aliphatic rings. The molecule has 1 amide bonds. The molecule has 1 aromatic rings. The summed E-state index contributed by atoms with van der Waals surface area (Å²) in [6.07, 6.45) is 3.72. The van der Waals surface area contributed by atoms with Gasteiger partial charge in [-0.3, -0.25) is 9.79 Å². The van der Waals surface area contributed by atoms with Crippen molar-refractivity contribution >= 4 is 35.8 Å². The zero-order valence-corrected chi connectivity index (χ0v) is 18.7. The molecule has 2 fully saturated rings. The normalized spacial score (nSPS) is 24.0. The molecule has 28 heavy (non-hydrogen) atoms. The minimum absolute atomic E-state index is 0. The Morgan fingerprint density at radius 2 is 2.14 bits per heavy atom. The number of fused-ring (bicyclic) bond motifs is 1. The van der Waals surface area contributed by atoms with Crippen LogP contribution in [-0.4, -0.2) is 63.2 Å². The third-order valence-electron chi connectivity index (χ3n) is 5.67. The van der Waals surface area contributed by atoms with E-state index in [0.717, 1.165) is 62.9 Å². The van der Waals surface area contributed by atoms with Crippen molar-refractivity contribution in [3.8, 4) is 11.5 Å². The Morgan fingerprint density at radius 1 is 1.32 bits per heavy atom. The van der Waals surface area contributed by atoms with Gasteiger partial charge in [-0.05, 0) is 37.0 Å². The van der Waals surface area contributed by atoms with Crippen molar-refractivity contribution in [1.82, 2.24) is 15.5 Å². The lowest BCUT2D eigenvalue weighted by atomic mass is 9.79. The zero-order valence-electron chi connectivity index (χ0n) is 16.3. The number of aliphatic imine (C=N–C) groups is 1. The van der Waals surface area contributed by atoms with Crippen LogP contribution in [0.4, 0.5) is 0 Å². The first-order valence-corrected chi connectivity index (χ1v) is 9.78. The van der Waals surface area contributed by atoms with Gasteiger partial charge in [0.15, 0.2) is 17.5 Å². The minimum Gasteiger partial charge on any atom is -0.486 e. The summed E-state index contributed by atoms with van der Waals surface area (Å²) in [5.74, 6) is 2.76. The topological polar surface area (TPSA) is 75.2 Å². The van der Waals surface area contributed by atoms with Gasteiger partial charge in [0, 0.05) is 45.1 Å². The number of halogens is 1. The molecular weight excluding hydrogens is 471 g/mol. The number of carbonyl (C=O) groups is 1. The summed E-state index contributed by atoms with van der Waals surface area (Å²) in [6.45, 7) is 4.68. The van der Waals surface area contributed by atoms with Crippen LogP contribution in [0, 0.1) is 5.41 Å². The highest BCUT2D eigenvalue weighted by Gasteiger charge is 2.42. The Balaban J connectivity index is 0.00000225. The van der Waals surface area contributed by atoms with Crippen molar-refractivity contribution in [2.75, 3.05) is 46.4 Å². The molecule has 7 nitrogen and oxygen atoms in total. The Labute approximate surface area is 183 Å². The number of ether oxygens (including phenoxy) is 2. The number of guanidine groups is 1. The summed E-state index contributed by atoms with van der Waals surface area (Å²) in [5, 5.41) is 6.48. The Hall–Kier alpha value is -1.71. The minimum atomic E-state index is 0. The number of rotatable bonds is 3. The van der Waals surface area contributed by atoms with E-state index >= 15 is 0 Å². The quantitative estimate of drug-likeness (QED) is 0.376. The van der Waals surface area contributed by atoms with Gasteiger partial charge in [0.25, 0.3) is 0 Å². The maximum Gasteiger partial charge on any atom is 0.220 e. The third-order valence-corrected chi connectivity index (χ3v) is 5.67. The molecule has 2 N–H and O–H groups in total. The number of benzene rings is 1. The standard InChI is InChI=1S/C20H28N4O3.HI/c1-21-19(24-8-2-6-20(14-24)12-18(25)23-13-20)22-7-5-15-3-4-16-17(11-15)27-10-9-26-16;/h3-4,11H,2,5-10,12-14H2,1H3,(H,21,22)(H,23,25);1H. The Morgan fingerprint density at radius 3 is 2.89 bits per heavy atom. The molecule has 154 valence electrons. The first-order chi connectivity index (χ1) is 13.2. The third kappa shape index (κ3) is 4.64. The number of nitrogens with zero attached hydrogens (tertiary/aromatic N) is 2. The molecule has 0 radical (unpaired) electrons. The number of piperidine rings is 1. The van der Waals surface area contributed by atoms with Gasteiger partial charge in [-0.2, -0.15) is 0 Å². The monoisotopic (exact) mass is 500 g/mol. The predicted octanol–water partition coefficient (Wildman–Crippen LogP) is 1.80. The molecular formula is C20H29IN4O3. The molecule has 0 aliphatic carbocycles. The van der Waals surface area contributed by atoms with Gasteiger partial charge in [-0.1, -0.05) is 6.07 Å². The predicted molar refractivity (Wildman–Crippen MR) is 119 cm³/mol. The largest absolute Gasteiger partial charge is 0.486 e. The van der Waals surface area contributed by atoms with Crippen molar-refractivity contribution in [1.29, 1.82) is 0 Å². The number of nitrogens with one attached hydrogen (secondary N) is 2. The maximum absolute atomic E-state index is 11.7. The second kappa shape index (κ2) is 9.19. The SMILES string of the molecule is CN=C(NCCc1ccc2c(c1)OCCO2)N1CCCC2(CNC(=O)C2)C1.I. The fourth-order valence-electron chi connectivity index (χ4n) is 4.32. The van der Waals surface area contributed by atoms with E-state index < -0.39 is 0 Å². The Kier molecular flexibility index (Phi) is 6.90. The molecule has 1 spiro atoms. The van der Waals surface area contributed by atoms with Crippen LogP contribution in [0.2, 0.25) is 0 Å². The summed E-state index contributed by atoms with van der Waals surface area (Å²) in [7, 11) is 1.83. The first kappa shape index (κ1) is 21.0. The molecule has 1 atom stereocenters. The van der Waals surface area contributed by atoms with Crippen LogP contribution in [0.25, 0.3) is 0 Å². The fraction of sp³-hybridized carbons (Fsp3) is 0.600. The van der Waals surface area contributed by atoms with Crippen molar-refractivity contribution in [2.45, 2.75) is 25.7 Å². The van der Waals surface area contributed by atoms with Gasteiger partial charge >= 0.3 is 0 Å². The van der Waals surface area contributed by atoms with Crippen LogP contribution in [0.1, 0.15) is 24.8 Å². The first-order valence-electron chi connectivity index (χ1n) is 9.78. The van der Waals surface area contributed by atoms with Crippen LogP contribution in [0.3, 0.4) is 0 Å². The van der Waals surface area contributed by atoms with Gasteiger partial charge < -0.3 is 25.0 Å². The van der Waals surface area contributed by atoms with Gasteiger partial charge in [-0.25, -0.2) is 0 Å². The van der Waals surface area contributed by atoms with Crippen molar-refractivity contribution < 1.29 is 14.3 Å². The summed E-state index contributed by atoms with van der Waals surface area (Å²) in [5.41, 5.74) is 1.28. The van der Waals surface area contributed by atoms with Crippen molar-refractivity contribution in [3.63, 3.8) is 0 Å². The lowest BCUT2D eigenvalue weighted by Gasteiger charge is -2.40.